The van der Waals surface area contributed by atoms with Crippen molar-refractivity contribution in [1.82, 2.24) is 9.88 Å². The van der Waals surface area contributed by atoms with Crippen molar-refractivity contribution in [2.24, 2.45) is 0 Å². The fourth-order valence-corrected chi connectivity index (χ4v) is 2.66. The van der Waals surface area contributed by atoms with Gasteiger partial charge in [0, 0.05) is 13.1 Å². The minimum absolute atomic E-state index is 0.0720. The fraction of sp³-hybridized carbons (Fsp3) is 0.385. The maximum atomic E-state index is 11.9. The van der Waals surface area contributed by atoms with E-state index in [0.717, 1.165) is 29.0 Å². The minimum Gasteiger partial charge on any atom is -0.395 e. The van der Waals surface area contributed by atoms with Crippen molar-refractivity contribution in [2.45, 2.75) is 13.8 Å². The minimum atomic E-state index is 0.0720. The third-order valence-corrected chi connectivity index (χ3v) is 3.88. The Morgan fingerprint density at radius 3 is 2.84 bits per heavy atom. The topological polar surface area (TPSA) is 71.2 Å². The summed E-state index contributed by atoms with van der Waals surface area (Å²) in [4.78, 5) is 17.9. The van der Waals surface area contributed by atoms with Gasteiger partial charge in [-0.25, -0.2) is 4.98 Å². The molecule has 0 unspecified atom stereocenters. The van der Waals surface area contributed by atoms with Gasteiger partial charge in [0.25, 0.3) is 0 Å². The van der Waals surface area contributed by atoms with Crippen LogP contribution in [0, 0.1) is 0 Å². The number of anilines is 2. The standard InChI is InChI=1S/C13H18N4OS/c1-3-17(4-2)11(18)7-15-9-5-6-10-13(12(9)14)16-8-19-10/h5-6,8,15H,3-4,7,14H2,1-2H3. The first-order valence-corrected chi connectivity index (χ1v) is 7.18. The molecule has 1 amide bonds. The Labute approximate surface area is 116 Å². The molecule has 6 heteroatoms. The molecule has 1 aromatic heterocycles. The number of hydrogen-bond donors (Lipinski definition) is 2. The molecule has 19 heavy (non-hydrogen) atoms. The summed E-state index contributed by atoms with van der Waals surface area (Å²) in [6, 6.07) is 3.86. The summed E-state index contributed by atoms with van der Waals surface area (Å²) in [5.74, 6) is 0.0720. The highest BCUT2D eigenvalue weighted by Crippen LogP contribution is 2.29. The van der Waals surface area contributed by atoms with Crippen LogP contribution in [0.3, 0.4) is 0 Å². The lowest BCUT2D eigenvalue weighted by Gasteiger charge is -2.19. The number of amides is 1. The van der Waals surface area contributed by atoms with Gasteiger partial charge in [-0.1, -0.05) is 0 Å². The number of nitrogen functional groups attached to an aromatic ring is 1. The average Bonchev–Trinajstić information content (AvgIpc) is 2.88. The number of nitrogens with one attached hydrogen (secondary N) is 1. The average molecular weight is 278 g/mol. The van der Waals surface area contributed by atoms with Crippen molar-refractivity contribution in [3.05, 3.63) is 17.6 Å². The number of benzene rings is 1. The number of hydrogen-bond acceptors (Lipinski definition) is 5. The van der Waals surface area contributed by atoms with Crippen LogP contribution in [0.2, 0.25) is 0 Å². The van der Waals surface area contributed by atoms with E-state index in [0.29, 0.717) is 5.69 Å². The Balaban J connectivity index is 2.09. The number of aromatic nitrogens is 1. The smallest absolute Gasteiger partial charge is 0.241 e. The number of nitrogens with two attached hydrogens (primary N) is 1. The van der Waals surface area contributed by atoms with Gasteiger partial charge in [-0.05, 0) is 26.0 Å². The molecule has 0 aliphatic heterocycles. The molecular formula is C13H18N4OS. The molecule has 0 aliphatic rings. The SMILES string of the molecule is CCN(CC)C(=O)CNc1ccc2scnc2c1N. The summed E-state index contributed by atoms with van der Waals surface area (Å²) >= 11 is 1.55. The van der Waals surface area contributed by atoms with Crippen LogP contribution in [-0.2, 0) is 4.79 Å². The number of carbonyl (C=O) groups is 1. The molecule has 2 aromatic rings. The Morgan fingerprint density at radius 1 is 1.42 bits per heavy atom. The molecule has 1 heterocycles. The van der Waals surface area contributed by atoms with Crippen molar-refractivity contribution >= 4 is 38.8 Å². The third-order valence-electron chi connectivity index (χ3n) is 3.09. The largest absolute Gasteiger partial charge is 0.395 e. The zero-order chi connectivity index (χ0) is 13.8. The van der Waals surface area contributed by atoms with Gasteiger partial charge in [-0.2, -0.15) is 0 Å². The normalized spacial score (nSPS) is 10.6. The zero-order valence-corrected chi connectivity index (χ0v) is 12.0. The number of thiazole rings is 1. The fourth-order valence-electron chi connectivity index (χ4n) is 1.97. The van der Waals surface area contributed by atoms with Crippen LogP contribution in [0.5, 0.6) is 0 Å². The molecule has 0 saturated carbocycles. The maximum Gasteiger partial charge on any atom is 0.241 e. The van der Waals surface area contributed by atoms with E-state index in [1.807, 2.05) is 26.0 Å². The lowest BCUT2D eigenvalue weighted by molar-refractivity contribution is -0.128. The second kappa shape index (κ2) is 5.88. The van der Waals surface area contributed by atoms with Gasteiger partial charge in [-0.15, -0.1) is 11.3 Å². The van der Waals surface area contributed by atoms with E-state index in [-0.39, 0.29) is 12.5 Å². The van der Waals surface area contributed by atoms with Gasteiger partial charge in [0.2, 0.25) is 5.91 Å². The predicted molar refractivity (Wildman–Crippen MR) is 80.5 cm³/mol. The van der Waals surface area contributed by atoms with Crippen LogP contribution in [0.15, 0.2) is 17.6 Å². The Morgan fingerprint density at radius 2 is 2.16 bits per heavy atom. The van der Waals surface area contributed by atoms with Crippen LogP contribution in [0.4, 0.5) is 11.4 Å². The Hall–Kier alpha value is -1.82. The first-order chi connectivity index (χ1) is 9.17. The summed E-state index contributed by atoms with van der Waals surface area (Å²) in [6.45, 7) is 5.63. The van der Waals surface area contributed by atoms with Gasteiger partial charge in [-0.3, -0.25) is 4.79 Å². The van der Waals surface area contributed by atoms with Crippen LogP contribution in [-0.4, -0.2) is 35.4 Å². The number of likely N-dealkylation sites (N-methyl/N-ethyl adjacent to an activating group) is 1. The monoisotopic (exact) mass is 278 g/mol. The molecule has 3 N–H and O–H groups in total. The van der Waals surface area contributed by atoms with Crippen LogP contribution in [0.1, 0.15) is 13.8 Å². The summed E-state index contributed by atoms with van der Waals surface area (Å²) in [6.07, 6.45) is 0. The maximum absolute atomic E-state index is 11.9. The lowest BCUT2D eigenvalue weighted by atomic mass is 10.2. The Kier molecular flexibility index (Phi) is 4.21. The predicted octanol–water partition coefficient (Wildman–Crippen LogP) is 2.16. The van der Waals surface area contributed by atoms with Crippen LogP contribution in [0.25, 0.3) is 10.2 Å². The summed E-state index contributed by atoms with van der Waals surface area (Å²) in [5.41, 5.74) is 9.98. The Bertz CT molecular complexity index is 577. The van der Waals surface area contributed by atoms with Crippen molar-refractivity contribution in [2.75, 3.05) is 30.7 Å². The molecule has 0 spiro atoms. The highest BCUT2D eigenvalue weighted by Gasteiger charge is 2.11. The highest BCUT2D eigenvalue weighted by atomic mass is 32.1. The summed E-state index contributed by atoms with van der Waals surface area (Å²) in [5, 5.41) is 3.09. The number of fused-ring (bicyclic) bond motifs is 1. The van der Waals surface area contributed by atoms with Crippen molar-refractivity contribution < 1.29 is 4.79 Å². The van der Waals surface area contributed by atoms with E-state index in [9.17, 15) is 4.79 Å². The second-order valence-electron chi connectivity index (χ2n) is 4.15. The molecule has 0 aliphatic carbocycles. The van der Waals surface area contributed by atoms with E-state index in [4.69, 9.17) is 5.73 Å². The molecule has 1 aromatic carbocycles. The van der Waals surface area contributed by atoms with Crippen LogP contribution < -0.4 is 11.1 Å². The molecule has 0 fully saturated rings. The third kappa shape index (κ3) is 2.78. The first-order valence-electron chi connectivity index (χ1n) is 6.30. The van der Waals surface area contributed by atoms with Gasteiger partial charge in [0.15, 0.2) is 0 Å². The molecule has 0 saturated heterocycles. The number of carbonyl (C=O) groups excluding carboxylic acids is 1. The molecular weight excluding hydrogens is 260 g/mol. The molecule has 0 bridgehead atoms. The van der Waals surface area contributed by atoms with E-state index in [2.05, 4.69) is 10.3 Å². The second-order valence-corrected chi connectivity index (χ2v) is 5.03. The quantitative estimate of drug-likeness (QED) is 0.822. The summed E-state index contributed by atoms with van der Waals surface area (Å²) < 4.78 is 1.05. The van der Waals surface area contributed by atoms with E-state index in [1.165, 1.54) is 0 Å². The van der Waals surface area contributed by atoms with Crippen molar-refractivity contribution in [1.29, 1.82) is 0 Å². The van der Waals surface area contributed by atoms with E-state index >= 15 is 0 Å². The number of rotatable bonds is 5. The van der Waals surface area contributed by atoms with Gasteiger partial charge < -0.3 is 16.0 Å². The van der Waals surface area contributed by atoms with Crippen LogP contribution >= 0.6 is 11.3 Å². The molecule has 102 valence electrons. The highest BCUT2D eigenvalue weighted by molar-refractivity contribution is 7.16. The van der Waals surface area contributed by atoms with Crippen molar-refractivity contribution in [3.63, 3.8) is 0 Å². The molecule has 0 radical (unpaired) electrons. The van der Waals surface area contributed by atoms with Crippen molar-refractivity contribution in [3.8, 4) is 0 Å². The molecule has 5 nitrogen and oxygen atoms in total. The van der Waals surface area contributed by atoms with Gasteiger partial charge in [0.05, 0.1) is 28.1 Å². The summed E-state index contributed by atoms with van der Waals surface area (Å²) in [7, 11) is 0. The lowest BCUT2D eigenvalue weighted by Crippen LogP contribution is -2.35. The zero-order valence-electron chi connectivity index (χ0n) is 11.1. The van der Waals surface area contributed by atoms with E-state index < -0.39 is 0 Å². The van der Waals surface area contributed by atoms with E-state index in [1.54, 1.807) is 21.7 Å². The van der Waals surface area contributed by atoms with Gasteiger partial charge in [0.1, 0.15) is 5.52 Å². The molecule has 2 rings (SSSR count). The van der Waals surface area contributed by atoms with Gasteiger partial charge >= 0.3 is 0 Å². The first kappa shape index (κ1) is 13.6. The number of nitrogens with zero attached hydrogens (tertiary/aromatic N) is 2. The molecule has 0 atom stereocenters.